The van der Waals surface area contributed by atoms with Crippen LogP contribution >= 0.6 is 24.8 Å². The topological polar surface area (TPSA) is 15.3 Å². The van der Waals surface area contributed by atoms with Crippen LogP contribution in [0, 0.1) is 5.82 Å². The first kappa shape index (κ1) is 21.4. The SMILES string of the molecule is Cl.Cl.Fc1ccc([C@@H](CCC(F)(F)F)N2CCNCC2)cc1. The number of nitrogens with zero attached hydrogens (tertiary/aromatic N) is 1. The molecular formula is C14H20Cl2F4N2. The van der Waals surface area contributed by atoms with Crippen LogP contribution in [-0.2, 0) is 0 Å². The molecule has 1 N–H and O–H groups in total. The summed E-state index contributed by atoms with van der Waals surface area (Å²) in [5.41, 5.74) is 0.748. The van der Waals surface area contributed by atoms with Crippen LogP contribution in [0.2, 0.25) is 0 Å². The molecule has 1 aliphatic heterocycles. The Morgan fingerprint density at radius 1 is 1.05 bits per heavy atom. The molecule has 1 aliphatic rings. The van der Waals surface area contributed by atoms with Gasteiger partial charge in [0.15, 0.2) is 0 Å². The van der Waals surface area contributed by atoms with Gasteiger partial charge in [0.05, 0.1) is 0 Å². The summed E-state index contributed by atoms with van der Waals surface area (Å²) in [6.45, 7) is 2.95. The van der Waals surface area contributed by atoms with Crippen LogP contribution in [0.15, 0.2) is 24.3 Å². The van der Waals surface area contributed by atoms with E-state index in [0.29, 0.717) is 13.1 Å². The van der Waals surface area contributed by atoms with Gasteiger partial charge in [-0.15, -0.1) is 24.8 Å². The number of alkyl halides is 3. The van der Waals surface area contributed by atoms with Crippen molar-refractivity contribution in [3.8, 4) is 0 Å². The Labute approximate surface area is 140 Å². The summed E-state index contributed by atoms with van der Waals surface area (Å²) in [6, 6.07) is 5.46. The van der Waals surface area contributed by atoms with Crippen LogP contribution in [0.1, 0.15) is 24.4 Å². The molecule has 0 radical (unpaired) electrons. The predicted molar refractivity (Wildman–Crippen MR) is 83.4 cm³/mol. The van der Waals surface area contributed by atoms with Crippen molar-refractivity contribution in [3.05, 3.63) is 35.6 Å². The summed E-state index contributed by atoms with van der Waals surface area (Å²) in [6.07, 6.45) is -4.97. The summed E-state index contributed by atoms with van der Waals surface area (Å²) in [4.78, 5) is 2.04. The van der Waals surface area contributed by atoms with Crippen molar-refractivity contribution in [2.75, 3.05) is 26.2 Å². The van der Waals surface area contributed by atoms with E-state index in [1.54, 1.807) is 12.1 Å². The smallest absolute Gasteiger partial charge is 0.314 e. The molecule has 0 unspecified atom stereocenters. The van der Waals surface area contributed by atoms with Crippen molar-refractivity contribution in [1.29, 1.82) is 0 Å². The van der Waals surface area contributed by atoms with Gasteiger partial charge in [-0.2, -0.15) is 13.2 Å². The lowest BCUT2D eigenvalue weighted by molar-refractivity contribution is -0.138. The summed E-state index contributed by atoms with van der Waals surface area (Å²) in [7, 11) is 0. The molecule has 1 aromatic rings. The van der Waals surface area contributed by atoms with Crippen LogP contribution in [0.4, 0.5) is 17.6 Å². The zero-order chi connectivity index (χ0) is 14.6. The van der Waals surface area contributed by atoms with Crippen LogP contribution in [0.25, 0.3) is 0 Å². The lowest BCUT2D eigenvalue weighted by Gasteiger charge is -2.35. The molecule has 22 heavy (non-hydrogen) atoms. The Bertz CT molecular complexity index is 420. The third-order valence-electron chi connectivity index (χ3n) is 3.55. The molecule has 0 bridgehead atoms. The third kappa shape index (κ3) is 6.69. The highest BCUT2D eigenvalue weighted by molar-refractivity contribution is 5.85. The Balaban J connectivity index is 0.00000220. The van der Waals surface area contributed by atoms with Gasteiger partial charge in [-0.1, -0.05) is 12.1 Å². The van der Waals surface area contributed by atoms with Crippen molar-refractivity contribution >= 4 is 24.8 Å². The van der Waals surface area contributed by atoms with E-state index in [1.807, 2.05) is 4.90 Å². The van der Waals surface area contributed by atoms with Gasteiger partial charge in [0.25, 0.3) is 0 Å². The molecule has 1 aromatic carbocycles. The van der Waals surface area contributed by atoms with Crippen molar-refractivity contribution in [2.24, 2.45) is 0 Å². The molecule has 2 nitrogen and oxygen atoms in total. The molecule has 1 atom stereocenters. The van der Waals surface area contributed by atoms with Gasteiger partial charge in [-0.25, -0.2) is 4.39 Å². The molecular weight excluding hydrogens is 343 g/mol. The van der Waals surface area contributed by atoms with E-state index in [9.17, 15) is 17.6 Å². The normalized spacial score (nSPS) is 17.3. The molecule has 0 aliphatic carbocycles. The minimum absolute atomic E-state index is 0. The largest absolute Gasteiger partial charge is 0.389 e. The first-order valence-electron chi connectivity index (χ1n) is 6.73. The van der Waals surface area contributed by atoms with E-state index in [-0.39, 0.29) is 43.1 Å². The highest BCUT2D eigenvalue weighted by atomic mass is 35.5. The fourth-order valence-electron chi connectivity index (χ4n) is 2.54. The van der Waals surface area contributed by atoms with Crippen LogP contribution in [0.3, 0.4) is 0 Å². The summed E-state index contributed by atoms with van der Waals surface area (Å²) in [5, 5.41) is 3.18. The number of piperazine rings is 1. The van der Waals surface area contributed by atoms with Gasteiger partial charge >= 0.3 is 6.18 Å². The van der Waals surface area contributed by atoms with Crippen molar-refractivity contribution in [3.63, 3.8) is 0 Å². The molecule has 0 aromatic heterocycles. The lowest BCUT2D eigenvalue weighted by atomic mass is 9.99. The summed E-state index contributed by atoms with van der Waals surface area (Å²) < 4.78 is 50.4. The molecule has 2 rings (SSSR count). The molecule has 1 saturated heterocycles. The molecule has 1 heterocycles. The monoisotopic (exact) mass is 362 g/mol. The van der Waals surface area contributed by atoms with Crippen LogP contribution < -0.4 is 5.32 Å². The van der Waals surface area contributed by atoms with Gasteiger partial charge in [0.2, 0.25) is 0 Å². The predicted octanol–water partition coefficient (Wildman–Crippen LogP) is 3.96. The van der Waals surface area contributed by atoms with Gasteiger partial charge in [0.1, 0.15) is 5.82 Å². The molecule has 128 valence electrons. The van der Waals surface area contributed by atoms with Gasteiger partial charge < -0.3 is 5.32 Å². The number of hydrogen-bond acceptors (Lipinski definition) is 2. The third-order valence-corrected chi connectivity index (χ3v) is 3.55. The maximum Gasteiger partial charge on any atom is 0.389 e. The molecule has 0 spiro atoms. The van der Waals surface area contributed by atoms with Gasteiger partial charge in [-0.05, 0) is 24.1 Å². The van der Waals surface area contributed by atoms with Crippen molar-refractivity contribution in [2.45, 2.75) is 25.1 Å². The lowest BCUT2D eigenvalue weighted by Crippen LogP contribution is -2.45. The first-order chi connectivity index (χ1) is 9.46. The first-order valence-corrected chi connectivity index (χ1v) is 6.73. The zero-order valence-corrected chi connectivity index (χ0v) is 13.5. The number of hydrogen-bond donors (Lipinski definition) is 1. The molecule has 0 amide bonds. The Morgan fingerprint density at radius 2 is 1.59 bits per heavy atom. The summed E-state index contributed by atoms with van der Waals surface area (Å²) in [5.74, 6) is -0.372. The minimum Gasteiger partial charge on any atom is -0.314 e. The Morgan fingerprint density at radius 3 is 2.09 bits per heavy atom. The quantitative estimate of drug-likeness (QED) is 0.815. The molecule has 8 heteroatoms. The maximum absolute atomic E-state index is 13.0. The number of rotatable bonds is 4. The average molecular weight is 363 g/mol. The number of nitrogens with one attached hydrogen (secondary N) is 1. The zero-order valence-electron chi connectivity index (χ0n) is 11.9. The number of halogens is 6. The van der Waals surface area contributed by atoms with E-state index in [1.165, 1.54) is 12.1 Å². The van der Waals surface area contributed by atoms with E-state index in [4.69, 9.17) is 0 Å². The maximum atomic E-state index is 13.0. The molecule has 0 saturated carbocycles. The second kappa shape index (κ2) is 9.55. The minimum atomic E-state index is -4.16. The second-order valence-corrected chi connectivity index (χ2v) is 5.01. The number of benzene rings is 1. The van der Waals surface area contributed by atoms with Crippen molar-refractivity contribution in [1.82, 2.24) is 10.2 Å². The average Bonchev–Trinajstić information content (AvgIpc) is 2.41. The van der Waals surface area contributed by atoms with E-state index >= 15 is 0 Å². The highest BCUT2D eigenvalue weighted by Crippen LogP contribution is 2.31. The standard InChI is InChI=1S/C14H18F4N2.2ClH/c15-12-3-1-11(2-4-12)13(5-6-14(16,17)18)20-9-7-19-8-10-20;;/h1-4,13,19H,5-10H2;2*1H/t13-;;/m1../s1. The van der Waals surface area contributed by atoms with E-state index in [0.717, 1.165) is 18.7 Å². The Kier molecular flexibility index (Phi) is 9.31. The van der Waals surface area contributed by atoms with Crippen LogP contribution in [0.5, 0.6) is 0 Å². The van der Waals surface area contributed by atoms with Gasteiger partial charge in [0, 0.05) is 38.6 Å². The Hall–Kier alpha value is -0.560. The fraction of sp³-hybridized carbons (Fsp3) is 0.571. The highest BCUT2D eigenvalue weighted by Gasteiger charge is 2.31. The fourth-order valence-corrected chi connectivity index (χ4v) is 2.54. The molecule has 1 fully saturated rings. The van der Waals surface area contributed by atoms with Crippen LogP contribution in [-0.4, -0.2) is 37.3 Å². The second-order valence-electron chi connectivity index (χ2n) is 5.01. The van der Waals surface area contributed by atoms with Gasteiger partial charge in [-0.3, -0.25) is 4.90 Å². The van der Waals surface area contributed by atoms with Crippen molar-refractivity contribution < 1.29 is 17.6 Å². The van der Waals surface area contributed by atoms with E-state index in [2.05, 4.69) is 5.32 Å². The summed E-state index contributed by atoms with van der Waals surface area (Å²) >= 11 is 0. The van der Waals surface area contributed by atoms with E-state index < -0.39 is 12.6 Å².